The molecule has 3 aromatic rings. The summed E-state index contributed by atoms with van der Waals surface area (Å²) in [7, 11) is -2.69. The van der Waals surface area contributed by atoms with Crippen LogP contribution in [0.3, 0.4) is 0 Å². The van der Waals surface area contributed by atoms with E-state index in [4.69, 9.17) is 4.43 Å². The Hall–Kier alpha value is -2.69. The van der Waals surface area contributed by atoms with E-state index in [2.05, 4.69) is 98.5 Å². The van der Waals surface area contributed by atoms with E-state index < -0.39 is 8.32 Å². The predicted octanol–water partition coefficient (Wildman–Crippen LogP) is 4.41. The lowest BCUT2D eigenvalue weighted by Crippen LogP contribution is -2.68. The highest BCUT2D eigenvalue weighted by molar-refractivity contribution is 6.99. The highest BCUT2D eigenvalue weighted by Gasteiger charge is 2.53. The summed E-state index contributed by atoms with van der Waals surface area (Å²) in [5.74, 6) is 0. The molecule has 1 aliphatic rings. The van der Waals surface area contributed by atoms with Crippen LogP contribution >= 0.6 is 0 Å². The van der Waals surface area contributed by atoms with Crippen LogP contribution in [0.4, 0.5) is 5.69 Å². The van der Waals surface area contributed by atoms with E-state index in [-0.39, 0.29) is 17.2 Å². The Morgan fingerprint density at radius 2 is 1.32 bits per heavy atom. The number of anilines is 1. The van der Waals surface area contributed by atoms with Gasteiger partial charge in [-0.3, -0.25) is 0 Å². The van der Waals surface area contributed by atoms with Crippen molar-refractivity contribution in [2.45, 2.75) is 44.4 Å². The average molecular weight is 430 g/mol. The van der Waals surface area contributed by atoms with Crippen molar-refractivity contribution in [1.82, 2.24) is 0 Å². The molecule has 1 saturated heterocycles. The van der Waals surface area contributed by atoms with Gasteiger partial charge in [0, 0.05) is 12.2 Å². The third-order valence-electron chi connectivity index (χ3n) is 6.37. The number of hydrogen-bond acceptors (Lipinski definition) is 3. The molecule has 0 radical (unpaired) electrons. The van der Waals surface area contributed by atoms with E-state index in [9.17, 15) is 4.79 Å². The summed E-state index contributed by atoms with van der Waals surface area (Å²) in [5, 5.41) is 2.39. The second-order valence-corrected chi connectivity index (χ2v) is 13.5. The summed E-state index contributed by atoms with van der Waals surface area (Å²) in [6, 6.07) is 31.2. The van der Waals surface area contributed by atoms with Gasteiger partial charge in [-0.25, -0.2) is 0 Å². The van der Waals surface area contributed by atoms with Crippen molar-refractivity contribution in [2.75, 3.05) is 11.4 Å². The fraction of sp³-hybridized carbons (Fsp3) is 0.296. The lowest BCUT2D eigenvalue weighted by molar-refractivity contribution is -0.110. The van der Waals surface area contributed by atoms with Crippen LogP contribution in [-0.2, 0) is 9.22 Å². The third kappa shape index (κ3) is 3.98. The van der Waals surface area contributed by atoms with Gasteiger partial charge >= 0.3 is 0 Å². The third-order valence-corrected chi connectivity index (χ3v) is 11.4. The Kier molecular flexibility index (Phi) is 6.12. The van der Waals surface area contributed by atoms with Gasteiger partial charge in [-0.05, 0) is 34.0 Å². The van der Waals surface area contributed by atoms with Crippen molar-refractivity contribution >= 4 is 30.7 Å². The molecule has 1 aliphatic heterocycles. The molecule has 1 heterocycles. The number of rotatable bonds is 6. The van der Waals surface area contributed by atoms with Crippen molar-refractivity contribution in [1.29, 1.82) is 0 Å². The molecule has 0 amide bonds. The van der Waals surface area contributed by atoms with E-state index >= 15 is 0 Å². The average Bonchev–Trinajstić information content (AvgIpc) is 3.21. The number of carbonyl (C=O) groups is 1. The molecular weight excluding hydrogens is 398 g/mol. The molecular formula is C27H31NO2Si. The minimum absolute atomic E-state index is 0.108. The molecule has 0 spiro atoms. The summed E-state index contributed by atoms with van der Waals surface area (Å²) >= 11 is 0. The number of hydrogen-bond donors (Lipinski definition) is 0. The second-order valence-electron chi connectivity index (χ2n) is 9.26. The number of aldehydes is 1. The monoisotopic (exact) mass is 429 g/mol. The summed E-state index contributed by atoms with van der Waals surface area (Å²) in [6.45, 7) is 7.65. The Morgan fingerprint density at radius 1 is 0.839 bits per heavy atom. The highest BCUT2D eigenvalue weighted by atomic mass is 28.4. The summed E-state index contributed by atoms with van der Waals surface area (Å²) in [5.41, 5.74) is 1.08. The van der Waals surface area contributed by atoms with Crippen LogP contribution in [0.2, 0.25) is 5.04 Å². The molecule has 1 fully saturated rings. The Bertz CT molecular complexity index is 947. The molecule has 2 atom stereocenters. The van der Waals surface area contributed by atoms with Crippen LogP contribution < -0.4 is 15.3 Å². The van der Waals surface area contributed by atoms with Gasteiger partial charge in [0.1, 0.15) is 12.3 Å². The molecule has 0 aromatic heterocycles. The van der Waals surface area contributed by atoms with Gasteiger partial charge in [0.15, 0.2) is 0 Å². The van der Waals surface area contributed by atoms with Crippen LogP contribution in [0.25, 0.3) is 0 Å². The Balaban J connectivity index is 1.79. The normalized spacial score (nSPS) is 19.4. The summed E-state index contributed by atoms with van der Waals surface area (Å²) in [4.78, 5) is 14.5. The van der Waals surface area contributed by atoms with Gasteiger partial charge in [0.05, 0.1) is 6.10 Å². The van der Waals surface area contributed by atoms with Gasteiger partial charge in [0.2, 0.25) is 0 Å². The van der Waals surface area contributed by atoms with Gasteiger partial charge in [0.25, 0.3) is 8.32 Å². The minimum atomic E-state index is -2.69. The molecule has 0 saturated carbocycles. The summed E-state index contributed by atoms with van der Waals surface area (Å²) < 4.78 is 7.26. The molecule has 160 valence electrons. The number of carbonyl (C=O) groups excluding carboxylic acids is 1. The van der Waals surface area contributed by atoms with E-state index in [0.29, 0.717) is 0 Å². The Labute approximate surface area is 186 Å². The topological polar surface area (TPSA) is 29.5 Å². The van der Waals surface area contributed by atoms with Gasteiger partial charge in [-0.1, -0.05) is 99.6 Å². The summed E-state index contributed by atoms with van der Waals surface area (Å²) in [6.07, 6.45) is 1.76. The van der Waals surface area contributed by atoms with Crippen LogP contribution in [0.5, 0.6) is 0 Å². The van der Waals surface area contributed by atoms with E-state index in [0.717, 1.165) is 24.9 Å². The zero-order valence-electron chi connectivity index (χ0n) is 18.6. The van der Waals surface area contributed by atoms with Crippen LogP contribution in [-0.4, -0.2) is 33.3 Å². The molecule has 1 unspecified atom stereocenters. The minimum Gasteiger partial charge on any atom is -0.402 e. The number of benzene rings is 3. The first kappa shape index (κ1) is 21.5. The molecule has 4 rings (SSSR count). The lowest BCUT2D eigenvalue weighted by Gasteiger charge is -2.45. The maximum absolute atomic E-state index is 12.3. The number of para-hydroxylation sites is 1. The largest absolute Gasteiger partial charge is 0.402 e. The molecule has 0 aliphatic carbocycles. The van der Waals surface area contributed by atoms with Gasteiger partial charge < -0.3 is 14.1 Å². The quantitative estimate of drug-likeness (QED) is 0.429. The highest BCUT2D eigenvalue weighted by Crippen LogP contribution is 2.39. The fourth-order valence-electron chi connectivity index (χ4n) is 4.92. The fourth-order valence-corrected chi connectivity index (χ4v) is 9.64. The van der Waals surface area contributed by atoms with Crippen molar-refractivity contribution < 1.29 is 9.22 Å². The standard InChI is InChI=1S/C27H31NO2Si/c1-27(2,3)31(23-15-9-5-10-16-23,24-17-11-6-12-18-24)30-26-19-20-28(25(26)21-29)22-13-7-4-8-14-22/h4-18,21,25-26H,19-20H2,1-3H3/t25?,26-/m1/s1. The van der Waals surface area contributed by atoms with E-state index in [1.54, 1.807) is 0 Å². The molecule has 4 heteroatoms. The van der Waals surface area contributed by atoms with Crippen molar-refractivity contribution in [3.05, 3.63) is 91.0 Å². The van der Waals surface area contributed by atoms with E-state index in [1.165, 1.54) is 10.4 Å². The van der Waals surface area contributed by atoms with Crippen LogP contribution in [0.1, 0.15) is 27.2 Å². The zero-order valence-corrected chi connectivity index (χ0v) is 19.6. The molecule has 0 N–H and O–H groups in total. The first-order chi connectivity index (χ1) is 15.0. The van der Waals surface area contributed by atoms with Crippen molar-refractivity contribution in [2.24, 2.45) is 0 Å². The van der Waals surface area contributed by atoms with Crippen LogP contribution in [0.15, 0.2) is 91.0 Å². The smallest absolute Gasteiger partial charge is 0.261 e. The van der Waals surface area contributed by atoms with Crippen molar-refractivity contribution in [3.8, 4) is 0 Å². The predicted molar refractivity (Wildman–Crippen MR) is 131 cm³/mol. The molecule has 31 heavy (non-hydrogen) atoms. The number of nitrogens with zero attached hydrogens (tertiary/aromatic N) is 1. The lowest BCUT2D eigenvalue weighted by atomic mass is 10.2. The van der Waals surface area contributed by atoms with E-state index in [1.807, 2.05) is 18.2 Å². The molecule has 0 bridgehead atoms. The first-order valence-electron chi connectivity index (χ1n) is 11.0. The zero-order chi connectivity index (χ0) is 21.9. The van der Waals surface area contributed by atoms with Gasteiger partial charge in [-0.2, -0.15) is 0 Å². The van der Waals surface area contributed by atoms with Crippen LogP contribution in [0, 0.1) is 0 Å². The Morgan fingerprint density at radius 3 is 1.77 bits per heavy atom. The second kappa shape index (κ2) is 8.81. The maximum atomic E-state index is 12.3. The van der Waals surface area contributed by atoms with Gasteiger partial charge in [-0.15, -0.1) is 0 Å². The first-order valence-corrected chi connectivity index (χ1v) is 12.9. The van der Waals surface area contributed by atoms with Crippen molar-refractivity contribution in [3.63, 3.8) is 0 Å². The SMILES string of the molecule is CC(C)(C)[Si](O[C@@H]1CCN(c2ccccc2)C1C=O)(c1ccccc1)c1ccccc1. The molecule has 3 aromatic carbocycles. The molecule has 3 nitrogen and oxygen atoms in total. The maximum Gasteiger partial charge on any atom is 0.261 e.